The first-order valence-corrected chi connectivity index (χ1v) is 13.1. The average Bonchev–Trinajstić information content (AvgIpc) is 3.56. The van der Waals surface area contributed by atoms with E-state index in [1.165, 1.54) is 0 Å². The predicted molar refractivity (Wildman–Crippen MR) is 146 cm³/mol. The van der Waals surface area contributed by atoms with Gasteiger partial charge in [-0.05, 0) is 49.2 Å². The maximum absolute atomic E-state index is 13.0. The maximum Gasteiger partial charge on any atom is 0.227 e. The molecule has 3 aromatic heterocycles. The van der Waals surface area contributed by atoms with Crippen molar-refractivity contribution in [3.63, 3.8) is 0 Å². The number of carbonyl (C=O) groups is 1. The molecule has 0 saturated carbocycles. The Bertz CT molecular complexity index is 1510. The fourth-order valence-electron chi connectivity index (χ4n) is 4.73. The summed E-state index contributed by atoms with van der Waals surface area (Å²) < 4.78 is 7.45. The van der Waals surface area contributed by atoms with Gasteiger partial charge in [0, 0.05) is 53.6 Å². The van der Waals surface area contributed by atoms with E-state index in [1.54, 1.807) is 18.4 Å². The van der Waals surface area contributed by atoms with Crippen molar-refractivity contribution < 1.29 is 9.53 Å². The van der Waals surface area contributed by atoms with Gasteiger partial charge in [-0.25, -0.2) is 4.98 Å². The second-order valence-corrected chi connectivity index (χ2v) is 9.90. The number of para-hydroxylation sites is 1. The van der Waals surface area contributed by atoms with Gasteiger partial charge >= 0.3 is 0 Å². The molecule has 0 unspecified atom stereocenters. The maximum atomic E-state index is 13.0. The van der Waals surface area contributed by atoms with Gasteiger partial charge in [0.05, 0.1) is 18.5 Å². The van der Waals surface area contributed by atoms with Crippen LogP contribution in [0.25, 0.3) is 27.5 Å². The number of ether oxygens (including phenoxy) is 1. The molecular weight excluding hydrogens is 484 g/mol. The quantitative estimate of drug-likeness (QED) is 0.330. The van der Waals surface area contributed by atoms with Crippen molar-refractivity contribution in [2.45, 2.75) is 12.8 Å². The van der Waals surface area contributed by atoms with E-state index in [9.17, 15) is 4.79 Å². The second kappa shape index (κ2) is 10.0. The van der Waals surface area contributed by atoms with Crippen LogP contribution in [0.2, 0.25) is 0 Å². The molecule has 6 rings (SSSR count). The van der Waals surface area contributed by atoms with Crippen molar-refractivity contribution in [3.8, 4) is 28.3 Å². The number of amides is 1. The largest absolute Gasteiger partial charge is 0.496 e. The van der Waals surface area contributed by atoms with Crippen LogP contribution in [-0.2, 0) is 4.79 Å². The van der Waals surface area contributed by atoms with Gasteiger partial charge in [-0.1, -0.05) is 24.3 Å². The molecule has 4 heterocycles. The molecule has 0 atom stereocenters. The highest BCUT2D eigenvalue weighted by atomic mass is 32.1. The van der Waals surface area contributed by atoms with Crippen molar-refractivity contribution in [2.24, 2.45) is 5.92 Å². The Morgan fingerprint density at radius 2 is 1.89 bits per heavy atom. The van der Waals surface area contributed by atoms with Gasteiger partial charge in [-0.2, -0.15) is 0 Å². The number of nitrogens with one attached hydrogen (secondary N) is 1. The molecule has 5 aromatic rings. The first kappa shape index (κ1) is 23.2. The minimum Gasteiger partial charge on any atom is -0.496 e. The molecule has 0 bridgehead atoms. The Kier molecular flexibility index (Phi) is 6.28. The number of carbonyl (C=O) groups excluding carboxylic acids is 1. The molecule has 1 saturated heterocycles. The standard InChI is InChI=1S/C28H26N6O2S/c1-36-25-8-3-2-7-22(25)23-9-10-26(32-31-23)33-13-11-19(12-14-33)27(35)29-21-6-4-5-20(17-21)24-18-34-15-16-37-28(34)30-24/h2-10,15-19H,11-14H2,1H3,(H,29,35). The molecular formula is C28H26N6O2S. The lowest BCUT2D eigenvalue weighted by Gasteiger charge is -2.31. The zero-order valence-electron chi connectivity index (χ0n) is 20.4. The van der Waals surface area contributed by atoms with Crippen molar-refractivity contribution in [1.82, 2.24) is 19.6 Å². The number of aromatic nitrogens is 4. The van der Waals surface area contributed by atoms with Gasteiger partial charge in [0.1, 0.15) is 5.75 Å². The molecule has 1 amide bonds. The predicted octanol–water partition coefficient (Wildman–Crippen LogP) is 5.38. The van der Waals surface area contributed by atoms with E-state index in [2.05, 4.69) is 25.4 Å². The molecule has 1 N–H and O–H groups in total. The van der Waals surface area contributed by atoms with Gasteiger partial charge in [-0.3, -0.25) is 9.20 Å². The van der Waals surface area contributed by atoms with Crippen molar-refractivity contribution in [2.75, 3.05) is 30.4 Å². The topological polar surface area (TPSA) is 84.7 Å². The molecule has 0 aliphatic carbocycles. The molecule has 37 heavy (non-hydrogen) atoms. The first-order valence-electron chi connectivity index (χ1n) is 12.2. The van der Waals surface area contributed by atoms with Crippen molar-refractivity contribution in [3.05, 3.63) is 78.4 Å². The van der Waals surface area contributed by atoms with E-state index in [0.717, 1.165) is 70.7 Å². The highest BCUT2D eigenvalue weighted by Gasteiger charge is 2.26. The van der Waals surface area contributed by atoms with Gasteiger partial charge in [0.25, 0.3) is 0 Å². The van der Waals surface area contributed by atoms with Crippen LogP contribution < -0.4 is 15.0 Å². The zero-order valence-corrected chi connectivity index (χ0v) is 21.2. The van der Waals surface area contributed by atoms with E-state index >= 15 is 0 Å². The van der Waals surface area contributed by atoms with Crippen LogP contribution in [0.15, 0.2) is 78.4 Å². The van der Waals surface area contributed by atoms with Crippen LogP contribution in [0.1, 0.15) is 12.8 Å². The smallest absolute Gasteiger partial charge is 0.227 e. The molecule has 2 aromatic carbocycles. The van der Waals surface area contributed by atoms with E-state index in [0.29, 0.717) is 0 Å². The summed E-state index contributed by atoms with van der Waals surface area (Å²) >= 11 is 1.60. The van der Waals surface area contributed by atoms with Crippen molar-refractivity contribution >= 4 is 33.7 Å². The molecule has 0 spiro atoms. The molecule has 1 aliphatic heterocycles. The number of anilines is 2. The number of benzene rings is 2. The highest BCUT2D eigenvalue weighted by molar-refractivity contribution is 7.15. The van der Waals surface area contributed by atoms with E-state index in [1.807, 2.05) is 82.8 Å². The molecule has 1 fully saturated rings. The van der Waals surface area contributed by atoms with Gasteiger partial charge < -0.3 is 15.0 Å². The third kappa shape index (κ3) is 4.77. The lowest BCUT2D eigenvalue weighted by atomic mass is 9.95. The summed E-state index contributed by atoms with van der Waals surface area (Å²) in [6.07, 6.45) is 5.53. The van der Waals surface area contributed by atoms with E-state index in [4.69, 9.17) is 4.74 Å². The molecule has 1 aliphatic rings. The van der Waals surface area contributed by atoms with Crippen LogP contribution in [0.5, 0.6) is 5.75 Å². The van der Waals surface area contributed by atoms with E-state index < -0.39 is 0 Å². The summed E-state index contributed by atoms with van der Waals surface area (Å²) in [6.45, 7) is 1.51. The Morgan fingerprint density at radius 1 is 1.03 bits per heavy atom. The Labute approximate surface area is 218 Å². The fourth-order valence-corrected chi connectivity index (χ4v) is 5.43. The van der Waals surface area contributed by atoms with Crippen LogP contribution >= 0.6 is 11.3 Å². The van der Waals surface area contributed by atoms with Crippen LogP contribution in [0.3, 0.4) is 0 Å². The van der Waals surface area contributed by atoms with Gasteiger partial charge in [-0.15, -0.1) is 21.5 Å². The number of nitrogens with zero attached hydrogens (tertiary/aromatic N) is 5. The molecule has 186 valence electrons. The third-order valence-corrected chi connectivity index (χ3v) is 7.51. The lowest BCUT2D eigenvalue weighted by Crippen LogP contribution is -2.38. The molecule has 0 radical (unpaired) electrons. The summed E-state index contributed by atoms with van der Waals surface area (Å²) in [4.78, 5) is 20.8. The first-order chi connectivity index (χ1) is 18.2. The Morgan fingerprint density at radius 3 is 2.68 bits per heavy atom. The summed E-state index contributed by atoms with van der Waals surface area (Å²) in [5, 5.41) is 14.0. The number of imidazole rings is 1. The highest BCUT2D eigenvalue weighted by Crippen LogP contribution is 2.30. The number of fused-ring (bicyclic) bond motifs is 1. The number of methoxy groups -OCH3 is 1. The SMILES string of the molecule is COc1ccccc1-c1ccc(N2CCC(C(=O)Nc3cccc(-c4cn5ccsc5n4)c3)CC2)nn1. The minimum atomic E-state index is -0.0429. The van der Waals surface area contributed by atoms with Crippen LogP contribution in [-0.4, -0.2) is 45.7 Å². The third-order valence-electron chi connectivity index (χ3n) is 6.74. The number of thiazole rings is 1. The lowest BCUT2D eigenvalue weighted by molar-refractivity contribution is -0.120. The normalized spacial score (nSPS) is 14.1. The van der Waals surface area contributed by atoms with Crippen LogP contribution in [0, 0.1) is 5.92 Å². The van der Waals surface area contributed by atoms with Gasteiger partial charge in [0.15, 0.2) is 10.8 Å². The fraction of sp³-hybridized carbons (Fsp3) is 0.214. The number of hydrogen-bond acceptors (Lipinski definition) is 7. The summed E-state index contributed by atoms with van der Waals surface area (Å²) in [5.74, 6) is 1.61. The second-order valence-electron chi connectivity index (χ2n) is 9.03. The molecule has 8 nitrogen and oxygen atoms in total. The summed E-state index contributed by atoms with van der Waals surface area (Å²) in [7, 11) is 1.65. The summed E-state index contributed by atoms with van der Waals surface area (Å²) in [6, 6.07) is 19.6. The average molecular weight is 511 g/mol. The Balaban J connectivity index is 1.07. The van der Waals surface area contributed by atoms with Crippen molar-refractivity contribution in [1.29, 1.82) is 0 Å². The van der Waals surface area contributed by atoms with Gasteiger partial charge in [0.2, 0.25) is 5.91 Å². The Hall–Kier alpha value is -4.24. The number of rotatable bonds is 6. The number of piperidine rings is 1. The zero-order chi connectivity index (χ0) is 25.2. The monoisotopic (exact) mass is 510 g/mol. The van der Waals surface area contributed by atoms with E-state index in [-0.39, 0.29) is 11.8 Å². The van der Waals surface area contributed by atoms with Crippen LogP contribution in [0.4, 0.5) is 11.5 Å². The minimum absolute atomic E-state index is 0.0429. The summed E-state index contributed by atoms with van der Waals surface area (Å²) in [5.41, 5.74) is 4.36. The number of hydrogen-bond donors (Lipinski definition) is 1. The molecule has 9 heteroatoms.